The Bertz CT molecular complexity index is 1520. The molecule has 5 unspecified atom stereocenters. The summed E-state index contributed by atoms with van der Waals surface area (Å²) in [5.74, 6) is -2.79. The molecule has 3 N–H and O–H groups in total. The number of ether oxygens (including phenoxy) is 4. The van der Waals surface area contributed by atoms with Crippen molar-refractivity contribution >= 4 is 23.6 Å². The lowest BCUT2D eigenvalue weighted by molar-refractivity contribution is -0.180. The van der Waals surface area contributed by atoms with Gasteiger partial charge in [-0.05, 0) is 72.6 Å². The molecule has 1 aliphatic heterocycles. The number of benzene rings is 2. The van der Waals surface area contributed by atoms with Crippen LogP contribution in [0, 0.1) is 17.8 Å². The Morgan fingerprint density at radius 2 is 1.83 bits per heavy atom. The molecule has 0 aromatic heterocycles. The number of methoxy groups -OCH3 is 2. The van der Waals surface area contributed by atoms with Gasteiger partial charge in [0.2, 0.25) is 17.6 Å². The summed E-state index contributed by atoms with van der Waals surface area (Å²) in [6.45, 7) is 0.673. The maximum atomic E-state index is 13.4. The Kier molecular flexibility index (Phi) is 11.2. The Morgan fingerprint density at radius 3 is 2.57 bits per heavy atom. The molecule has 11 heteroatoms. The Morgan fingerprint density at radius 1 is 1.02 bits per heavy atom. The van der Waals surface area contributed by atoms with Gasteiger partial charge in [0.1, 0.15) is 5.75 Å². The quantitative estimate of drug-likeness (QED) is 0.196. The largest absolute Gasteiger partial charge is 0.465 e. The molecule has 1 heterocycles. The van der Waals surface area contributed by atoms with Gasteiger partial charge in [0, 0.05) is 38.2 Å². The normalized spacial score (nSPS) is 23.9. The zero-order valence-corrected chi connectivity index (χ0v) is 26.7. The summed E-state index contributed by atoms with van der Waals surface area (Å²) in [6, 6.07) is 15.1. The van der Waals surface area contributed by atoms with Crippen LogP contribution in [0.25, 0.3) is 0 Å². The van der Waals surface area contributed by atoms with Crippen molar-refractivity contribution in [2.24, 2.45) is 17.8 Å². The molecular weight excluding hydrogens is 604 g/mol. The molecule has 3 aliphatic rings. The van der Waals surface area contributed by atoms with Crippen molar-refractivity contribution in [3.05, 3.63) is 89.0 Å². The van der Waals surface area contributed by atoms with E-state index in [1.807, 2.05) is 36.4 Å². The molecule has 2 aromatic rings. The molecule has 5 rings (SSSR count). The van der Waals surface area contributed by atoms with Crippen LogP contribution < -0.4 is 15.4 Å². The molecule has 0 fully saturated rings. The fourth-order valence-electron chi connectivity index (χ4n) is 7.02. The molecule has 0 saturated heterocycles. The summed E-state index contributed by atoms with van der Waals surface area (Å²) >= 11 is 0. The van der Waals surface area contributed by atoms with E-state index in [1.165, 1.54) is 13.2 Å². The van der Waals surface area contributed by atoms with E-state index in [4.69, 9.17) is 24.1 Å². The van der Waals surface area contributed by atoms with Crippen molar-refractivity contribution < 1.29 is 43.2 Å². The molecule has 0 spiro atoms. The van der Waals surface area contributed by atoms with Crippen LogP contribution in [-0.2, 0) is 35.2 Å². The highest BCUT2D eigenvalue weighted by Gasteiger charge is 2.58. The van der Waals surface area contributed by atoms with E-state index in [0.29, 0.717) is 49.4 Å². The highest BCUT2D eigenvalue weighted by Crippen LogP contribution is 2.59. The van der Waals surface area contributed by atoms with Crippen LogP contribution >= 0.6 is 0 Å². The number of rotatable bonds is 15. The van der Waals surface area contributed by atoms with Gasteiger partial charge in [0.15, 0.2) is 5.78 Å². The highest BCUT2D eigenvalue weighted by atomic mass is 16.7. The third-order valence-corrected chi connectivity index (χ3v) is 9.19. The first-order valence-electron chi connectivity index (χ1n) is 16.0. The number of ketones is 1. The minimum atomic E-state index is -1.21. The number of hydrogen-bond acceptors (Lipinski definition) is 9. The SMILES string of the molecule is COC(=O)c1ccc2c(c1)C1C(CCOCc3ccccc3)C(CCCC(=O)NCC(=O)NCCO)C=C3C(=O)C=CC(OC)(O2)C31. The topological polar surface area (TPSA) is 149 Å². The van der Waals surface area contributed by atoms with E-state index in [-0.39, 0.29) is 61.5 Å². The van der Waals surface area contributed by atoms with Crippen LogP contribution in [0.3, 0.4) is 0 Å². The van der Waals surface area contributed by atoms with Gasteiger partial charge in [-0.3, -0.25) is 14.4 Å². The van der Waals surface area contributed by atoms with Crippen LogP contribution in [0.15, 0.2) is 72.3 Å². The standard InChI is InChI=1S/C36H42N2O9/c1-44-35(43)25-11-12-30-28(20-25)33-26(14-18-46-22-23-7-4-3-5-8-23)24(9-6-10-31(41)38-21-32(42)37-16-17-39)19-27-29(40)13-15-36(45-2,47-30)34(27)33/h3-5,7-8,11-13,15,19-20,24,26,33-34,39H,6,9-10,14,16-18,21-22H2,1-2H3,(H,37,42)(H,38,41). The second-order valence-electron chi connectivity index (χ2n) is 12.0. The number of nitrogens with one attached hydrogen (secondary N) is 2. The van der Waals surface area contributed by atoms with E-state index < -0.39 is 17.7 Å². The van der Waals surface area contributed by atoms with Gasteiger partial charge in [0.25, 0.3) is 0 Å². The van der Waals surface area contributed by atoms with Gasteiger partial charge in [-0.2, -0.15) is 0 Å². The molecule has 47 heavy (non-hydrogen) atoms. The molecule has 5 atom stereocenters. The number of esters is 1. The first-order valence-corrected chi connectivity index (χ1v) is 16.0. The number of aliphatic hydroxyl groups excluding tert-OH is 1. The molecule has 2 amide bonds. The number of fused-ring (bicyclic) bond motifs is 2. The van der Waals surface area contributed by atoms with Crippen molar-refractivity contribution in [3.63, 3.8) is 0 Å². The van der Waals surface area contributed by atoms with E-state index in [9.17, 15) is 19.2 Å². The summed E-state index contributed by atoms with van der Waals surface area (Å²) in [6.07, 6.45) is 7.14. The third kappa shape index (κ3) is 7.64. The minimum absolute atomic E-state index is 0.0591. The van der Waals surface area contributed by atoms with Crippen LogP contribution in [0.4, 0.5) is 0 Å². The molecule has 0 bridgehead atoms. The highest BCUT2D eigenvalue weighted by molar-refractivity contribution is 6.06. The third-order valence-electron chi connectivity index (χ3n) is 9.19. The first-order chi connectivity index (χ1) is 22.8. The van der Waals surface area contributed by atoms with Crippen LogP contribution in [0.1, 0.15) is 53.1 Å². The zero-order valence-electron chi connectivity index (χ0n) is 26.7. The molecule has 0 radical (unpaired) electrons. The van der Waals surface area contributed by atoms with Gasteiger partial charge in [-0.1, -0.05) is 36.4 Å². The van der Waals surface area contributed by atoms with E-state index >= 15 is 0 Å². The van der Waals surface area contributed by atoms with Gasteiger partial charge < -0.3 is 34.7 Å². The van der Waals surface area contributed by atoms with Crippen LogP contribution in [0.2, 0.25) is 0 Å². The summed E-state index contributed by atoms with van der Waals surface area (Å²) in [5.41, 5.74) is 2.82. The summed E-state index contributed by atoms with van der Waals surface area (Å²) in [5, 5.41) is 14.0. The monoisotopic (exact) mass is 646 g/mol. The lowest BCUT2D eigenvalue weighted by Gasteiger charge is -2.53. The number of carbonyl (C=O) groups excluding carboxylic acids is 4. The molecule has 250 valence electrons. The summed E-state index contributed by atoms with van der Waals surface area (Å²) in [7, 11) is 2.90. The Labute approximate surface area is 274 Å². The van der Waals surface area contributed by atoms with E-state index in [2.05, 4.69) is 10.6 Å². The number of hydrogen-bond donors (Lipinski definition) is 3. The Balaban J connectivity index is 1.43. The van der Waals surface area contributed by atoms with Gasteiger partial charge in [0.05, 0.1) is 38.3 Å². The lowest BCUT2D eigenvalue weighted by Crippen LogP contribution is -2.56. The van der Waals surface area contributed by atoms with Crippen molar-refractivity contribution in [1.82, 2.24) is 10.6 Å². The summed E-state index contributed by atoms with van der Waals surface area (Å²) in [4.78, 5) is 50.5. The van der Waals surface area contributed by atoms with Crippen molar-refractivity contribution in [2.75, 3.05) is 40.5 Å². The average Bonchev–Trinajstić information content (AvgIpc) is 3.10. The lowest BCUT2D eigenvalue weighted by atomic mass is 9.57. The fraction of sp³-hybridized carbons (Fsp3) is 0.444. The van der Waals surface area contributed by atoms with E-state index in [1.54, 1.807) is 31.4 Å². The second kappa shape index (κ2) is 15.5. The number of amides is 2. The summed E-state index contributed by atoms with van der Waals surface area (Å²) < 4.78 is 23.7. The van der Waals surface area contributed by atoms with Crippen LogP contribution in [-0.4, -0.2) is 75.0 Å². The van der Waals surface area contributed by atoms with Crippen molar-refractivity contribution in [1.29, 1.82) is 0 Å². The van der Waals surface area contributed by atoms with Crippen LogP contribution in [0.5, 0.6) is 5.75 Å². The van der Waals surface area contributed by atoms with E-state index in [0.717, 1.165) is 11.1 Å². The van der Waals surface area contributed by atoms with Gasteiger partial charge in [-0.25, -0.2) is 4.79 Å². The van der Waals surface area contributed by atoms with Crippen molar-refractivity contribution in [3.8, 4) is 5.75 Å². The van der Waals surface area contributed by atoms with Gasteiger partial charge >= 0.3 is 5.97 Å². The first kappa shape index (κ1) is 34.0. The Hall–Kier alpha value is -4.32. The molecule has 2 aliphatic carbocycles. The minimum Gasteiger partial charge on any atom is -0.465 e. The molecular formula is C36H42N2O9. The predicted octanol–water partition coefficient (Wildman–Crippen LogP) is 3.22. The number of allylic oxidation sites excluding steroid dienone is 2. The average molecular weight is 647 g/mol. The fourth-order valence-corrected chi connectivity index (χ4v) is 7.02. The van der Waals surface area contributed by atoms with Gasteiger partial charge in [-0.15, -0.1) is 0 Å². The second-order valence-corrected chi connectivity index (χ2v) is 12.0. The molecule has 2 aromatic carbocycles. The van der Waals surface area contributed by atoms with Crippen molar-refractivity contribution in [2.45, 2.75) is 44.0 Å². The molecule has 11 nitrogen and oxygen atoms in total. The number of aliphatic hydroxyl groups is 1. The maximum absolute atomic E-state index is 13.4. The smallest absolute Gasteiger partial charge is 0.337 e. The number of carbonyl (C=O) groups is 4. The maximum Gasteiger partial charge on any atom is 0.337 e. The zero-order chi connectivity index (χ0) is 33.4. The predicted molar refractivity (Wildman–Crippen MR) is 171 cm³/mol. The molecule has 0 saturated carbocycles.